The van der Waals surface area contributed by atoms with Gasteiger partial charge in [-0.3, -0.25) is 9.59 Å². The summed E-state index contributed by atoms with van der Waals surface area (Å²) in [7, 11) is 0. The molecule has 0 radical (unpaired) electrons. The maximum Gasteiger partial charge on any atom is 0.302 e. The van der Waals surface area contributed by atoms with Crippen LogP contribution in [-0.2, 0) is 13.1 Å². The second-order valence-electron chi connectivity index (χ2n) is 7.88. The van der Waals surface area contributed by atoms with Crippen LogP contribution in [0, 0.1) is 5.82 Å². The molecule has 176 valence electrons. The third-order valence-electron chi connectivity index (χ3n) is 5.60. The van der Waals surface area contributed by atoms with Gasteiger partial charge in [0.15, 0.2) is 5.69 Å². The summed E-state index contributed by atoms with van der Waals surface area (Å²) in [6.45, 7) is 0.341. The lowest BCUT2D eigenvalue weighted by molar-refractivity contribution is 0.0942. The number of carbonyl (C=O) groups is 1. The van der Waals surface area contributed by atoms with Crippen LogP contribution in [-0.4, -0.2) is 25.0 Å². The Morgan fingerprint density at radius 3 is 2.37 bits per heavy atom. The lowest BCUT2D eigenvalue weighted by Gasteiger charge is -2.09. The van der Waals surface area contributed by atoms with Crippen molar-refractivity contribution in [1.82, 2.24) is 19.3 Å². The van der Waals surface area contributed by atoms with Gasteiger partial charge in [0.25, 0.3) is 5.91 Å². The van der Waals surface area contributed by atoms with Gasteiger partial charge in [-0.25, -0.2) is 13.8 Å². The van der Waals surface area contributed by atoms with E-state index in [0.717, 1.165) is 5.56 Å². The number of hydrogen-bond donors (Lipinski definition) is 2. The zero-order valence-electron chi connectivity index (χ0n) is 18.0. The van der Waals surface area contributed by atoms with Crippen molar-refractivity contribution in [2.24, 2.45) is 0 Å². The molecule has 7 nitrogen and oxygen atoms in total. The monoisotopic (exact) mass is 510 g/mol. The lowest BCUT2D eigenvalue weighted by atomic mass is 10.2. The molecule has 35 heavy (non-hydrogen) atoms. The molecule has 0 aliphatic rings. The van der Waals surface area contributed by atoms with Gasteiger partial charge >= 0.3 is 5.56 Å². The molecule has 3 aromatic carbocycles. The molecule has 0 spiro atoms. The first-order valence-corrected chi connectivity index (χ1v) is 11.3. The number of aromatic nitrogens is 3. The van der Waals surface area contributed by atoms with Gasteiger partial charge < -0.3 is 15.0 Å². The molecule has 0 fully saturated rings. The number of fused-ring (bicyclic) bond motifs is 3. The van der Waals surface area contributed by atoms with Gasteiger partial charge in [-0.1, -0.05) is 53.5 Å². The molecular formula is C25H17Cl2FN4O3. The van der Waals surface area contributed by atoms with Crippen LogP contribution in [0.5, 0.6) is 5.75 Å². The van der Waals surface area contributed by atoms with Gasteiger partial charge in [0.1, 0.15) is 5.82 Å². The molecule has 2 aromatic heterocycles. The largest absolute Gasteiger partial charge is 0.501 e. The van der Waals surface area contributed by atoms with Crippen LogP contribution in [0.2, 0.25) is 10.0 Å². The van der Waals surface area contributed by atoms with Crippen LogP contribution in [0.3, 0.4) is 0 Å². The zero-order chi connectivity index (χ0) is 24.7. The molecule has 2 heterocycles. The number of carbonyl (C=O) groups excluding carboxylic acids is 1. The minimum atomic E-state index is -0.774. The molecule has 5 aromatic rings. The maximum absolute atomic E-state index is 13.4. The highest BCUT2D eigenvalue weighted by Gasteiger charge is 2.23. The summed E-state index contributed by atoms with van der Waals surface area (Å²) in [6, 6.07) is 17.9. The predicted molar refractivity (Wildman–Crippen MR) is 132 cm³/mol. The number of amides is 1. The smallest absolute Gasteiger partial charge is 0.302 e. The molecule has 5 rings (SSSR count). The molecule has 0 bridgehead atoms. The number of benzene rings is 3. The molecule has 10 heteroatoms. The number of nitrogens with zero attached hydrogens (tertiary/aromatic N) is 3. The van der Waals surface area contributed by atoms with Crippen LogP contribution in [0.25, 0.3) is 16.8 Å². The molecular weight excluding hydrogens is 494 g/mol. The summed E-state index contributed by atoms with van der Waals surface area (Å²) >= 11 is 12.0. The van der Waals surface area contributed by atoms with Crippen molar-refractivity contribution in [2.75, 3.05) is 0 Å². The second kappa shape index (κ2) is 9.05. The Morgan fingerprint density at radius 2 is 1.66 bits per heavy atom. The van der Waals surface area contributed by atoms with Crippen LogP contribution < -0.4 is 10.9 Å². The summed E-state index contributed by atoms with van der Waals surface area (Å²) in [5.74, 6) is -1.69. The van der Waals surface area contributed by atoms with E-state index in [-0.39, 0.29) is 24.7 Å². The summed E-state index contributed by atoms with van der Waals surface area (Å²) < 4.78 is 16.4. The van der Waals surface area contributed by atoms with Crippen LogP contribution in [0.1, 0.15) is 21.6 Å². The minimum absolute atomic E-state index is 0.0782. The highest BCUT2D eigenvalue weighted by atomic mass is 35.5. The second-order valence-corrected chi connectivity index (χ2v) is 8.70. The maximum atomic E-state index is 13.4. The van der Waals surface area contributed by atoms with Gasteiger partial charge in [-0.15, -0.1) is 0 Å². The Morgan fingerprint density at radius 1 is 0.971 bits per heavy atom. The summed E-state index contributed by atoms with van der Waals surface area (Å²) in [6.07, 6.45) is 0. The fourth-order valence-electron chi connectivity index (χ4n) is 3.89. The number of hydrogen-bond acceptors (Lipinski definition) is 4. The predicted octanol–water partition coefficient (Wildman–Crippen LogP) is 4.78. The molecule has 0 aliphatic carbocycles. The van der Waals surface area contributed by atoms with E-state index in [4.69, 9.17) is 23.2 Å². The van der Waals surface area contributed by atoms with Crippen molar-refractivity contribution in [2.45, 2.75) is 13.1 Å². The third-order valence-corrected chi connectivity index (χ3v) is 6.34. The summed E-state index contributed by atoms with van der Waals surface area (Å²) in [5.41, 5.74) is 1.44. The Bertz CT molecular complexity index is 1660. The van der Waals surface area contributed by atoms with E-state index in [1.165, 1.54) is 16.5 Å². The van der Waals surface area contributed by atoms with Crippen molar-refractivity contribution in [3.63, 3.8) is 0 Å². The van der Waals surface area contributed by atoms with Gasteiger partial charge in [0.2, 0.25) is 11.5 Å². The molecule has 0 saturated carbocycles. The van der Waals surface area contributed by atoms with Crippen LogP contribution in [0.4, 0.5) is 4.39 Å². The Kier molecular flexibility index (Phi) is 5.92. The van der Waals surface area contributed by atoms with Crippen LogP contribution in [0.15, 0.2) is 71.5 Å². The zero-order valence-corrected chi connectivity index (χ0v) is 19.5. The quantitative estimate of drug-likeness (QED) is 0.356. The first-order chi connectivity index (χ1) is 16.8. The average Bonchev–Trinajstić information content (AvgIpc) is 3.16. The van der Waals surface area contributed by atoms with Gasteiger partial charge in [0, 0.05) is 6.54 Å². The highest BCUT2D eigenvalue weighted by molar-refractivity contribution is 6.42. The normalized spacial score (nSPS) is 11.3. The van der Waals surface area contributed by atoms with Crippen molar-refractivity contribution >= 4 is 45.9 Å². The van der Waals surface area contributed by atoms with Gasteiger partial charge in [0.05, 0.1) is 27.6 Å². The van der Waals surface area contributed by atoms with E-state index in [1.807, 2.05) is 0 Å². The van der Waals surface area contributed by atoms with E-state index >= 15 is 0 Å². The van der Waals surface area contributed by atoms with E-state index < -0.39 is 22.9 Å². The van der Waals surface area contributed by atoms with E-state index in [2.05, 4.69) is 10.3 Å². The van der Waals surface area contributed by atoms with Gasteiger partial charge in [-0.2, -0.15) is 0 Å². The van der Waals surface area contributed by atoms with Gasteiger partial charge in [-0.05, 0) is 47.5 Å². The first-order valence-electron chi connectivity index (χ1n) is 10.5. The highest BCUT2D eigenvalue weighted by Crippen LogP contribution is 2.24. The molecule has 0 saturated heterocycles. The standard InChI is InChI=1S/C25H17Cl2FN4O3/c26-17-10-7-15(11-18(17)27)12-29-23(34)21-22(33)24(35)32-20-4-2-1-3-19(20)31(25(32)30-21)13-14-5-8-16(28)9-6-14/h1-11,33H,12-13H2,(H,29,34). The molecule has 0 atom stereocenters. The Balaban J connectivity index is 1.59. The molecule has 2 N–H and O–H groups in total. The number of aromatic hydroxyl groups is 1. The van der Waals surface area contributed by atoms with Crippen molar-refractivity contribution in [1.29, 1.82) is 0 Å². The van der Waals surface area contributed by atoms with Crippen molar-refractivity contribution in [3.8, 4) is 5.75 Å². The number of imidazole rings is 1. The average molecular weight is 511 g/mol. The third kappa shape index (κ3) is 4.22. The fourth-order valence-corrected chi connectivity index (χ4v) is 4.21. The summed E-state index contributed by atoms with van der Waals surface area (Å²) in [5, 5.41) is 13.9. The lowest BCUT2D eigenvalue weighted by Crippen LogP contribution is -2.27. The molecule has 1 amide bonds. The van der Waals surface area contributed by atoms with Crippen LogP contribution >= 0.6 is 23.2 Å². The minimum Gasteiger partial charge on any atom is -0.501 e. The first kappa shape index (κ1) is 22.9. The Labute approximate surface area is 208 Å². The number of nitrogens with one attached hydrogen (secondary N) is 1. The van der Waals surface area contributed by atoms with E-state index in [0.29, 0.717) is 26.6 Å². The topological polar surface area (TPSA) is 88.6 Å². The molecule has 0 aliphatic heterocycles. The SMILES string of the molecule is O=C(NCc1ccc(Cl)c(Cl)c1)c1nc2n(Cc3ccc(F)cc3)c3ccccc3n2c(=O)c1O. The van der Waals surface area contributed by atoms with Crippen molar-refractivity contribution < 1.29 is 14.3 Å². The number of para-hydroxylation sites is 2. The fraction of sp³-hybridized carbons (Fsp3) is 0.0800. The number of halogens is 3. The van der Waals surface area contributed by atoms with E-state index in [9.17, 15) is 19.1 Å². The van der Waals surface area contributed by atoms with E-state index in [1.54, 1.807) is 59.2 Å². The Hall–Kier alpha value is -3.88. The molecule has 0 unspecified atom stereocenters. The summed E-state index contributed by atoms with van der Waals surface area (Å²) in [4.78, 5) is 30.4. The number of rotatable bonds is 5. The van der Waals surface area contributed by atoms with Crippen molar-refractivity contribution in [3.05, 3.63) is 110 Å².